The van der Waals surface area contributed by atoms with Gasteiger partial charge in [0.25, 0.3) is 5.97 Å². The number of thiophene rings is 1. The lowest BCUT2D eigenvalue weighted by molar-refractivity contribution is -0.134. The lowest BCUT2D eigenvalue weighted by Crippen LogP contribution is -2.05. The molecule has 0 saturated carbocycles. The number of hydrogen-bond acceptors (Lipinski definition) is 5. The molecule has 1 aliphatic rings. The molecule has 40 heavy (non-hydrogen) atoms. The molecule has 0 saturated heterocycles. The highest BCUT2D eigenvalue weighted by molar-refractivity contribution is 7.22. The number of benzene rings is 3. The Morgan fingerprint density at radius 3 is 2.52 bits per heavy atom. The van der Waals surface area contributed by atoms with Crippen molar-refractivity contribution in [1.82, 2.24) is 9.38 Å². The van der Waals surface area contributed by atoms with Crippen LogP contribution in [0.15, 0.2) is 102 Å². The number of pyridine rings is 1. The number of hydrogen-bond donors (Lipinski definition) is 1. The third-order valence-electron chi connectivity index (χ3n) is 6.76. The highest BCUT2D eigenvalue weighted by Crippen LogP contribution is 2.38. The van der Waals surface area contributed by atoms with E-state index in [0.29, 0.717) is 13.0 Å². The van der Waals surface area contributed by atoms with E-state index in [9.17, 15) is 4.79 Å². The molecule has 1 aliphatic heterocycles. The number of aliphatic carboxylic acids is 1. The Morgan fingerprint density at radius 2 is 1.75 bits per heavy atom. The molecule has 3 aromatic heterocycles. The van der Waals surface area contributed by atoms with Crippen LogP contribution >= 0.6 is 11.3 Å². The first-order valence-electron chi connectivity index (χ1n) is 12.9. The molecule has 0 aliphatic carbocycles. The van der Waals surface area contributed by atoms with Gasteiger partial charge in [-0.1, -0.05) is 48.5 Å². The van der Waals surface area contributed by atoms with Gasteiger partial charge in [-0.2, -0.15) is 0 Å². The molecule has 3 aromatic carbocycles. The monoisotopic (exact) mass is 543 g/mol. The van der Waals surface area contributed by atoms with Gasteiger partial charge in [-0.3, -0.25) is 14.6 Å². The van der Waals surface area contributed by atoms with Crippen molar-refractivity contribution in [3.05, 3.63) is 120 Å². The summed E-state index contributed by atoms with van der Waals surface area (Å²) in [5.41, 5.74) is 7.98. The molecular formula is C33H25N3O3S. The number of carboxylic acids is 1. The van der Waals surface area contributed by atoms with Crippen molar-refractivity contribution < 1.29 is 14.7 Å². The van der Waals surface area contributed by atoms with Gasteiger partial charge in [-0.15, -0.1) is 11.3 Å². The van der Waals surface area contributed by atoms with E-state index in [4.69, 9.17) is 14.9 Å². The number of Topliss-reactive ketones (excluding diaryl/α,β-unsaturated/α-hetero) is 1. The summed E-state index contributed by atoms with van der Waals surface area (Å²) in [6.07, 6.45) is 6.27. The highest BCUT2D eigenvalue weighted by atomic mass is 32.1. The smallest absolute Gasteiger partial charge is 0.300 e. The lowest BCUT2D eigenvalue weighted by atomic mass is 9.94. The Labute approximate surface area is 234 Å². The predicted molar refractivity (Wildman–Crippen MR) is 161 cm³/mol. The van der Waals surface area contributed by atoms with E-state index in [1.807, 2.05) is 71.5 Å². The molecule has 1 N–H and O–H groups in total. The number of fused-ring (bicyclic) bond motifs is 3. The second-order valence-electron chi connectivity index (χ2n) is 9.62. The number of imidazole rings is 1. The number of rotatable bonds is 5. The van der Waals surface area contributed by atoms with Crippen LogP contribution in [0.25, 0.3) is 37.4 Å². The molecule has 6 nitrogen and oxygen atoms in total. The molecule has 7 rings (SSSR count). The first kappa shape index (κ1) is 25.4. The van der Waals surface area contributed by atoms with Crippen molar-refractivity contribution in [1.29, 1.82) is 0 Å². The van der Waals surface area contributed by atoms with Gasteiger partial charge in [0.1, 0.15) is 5.65 Å². The van der Waals surface area contributed by atoms with Gasteiger partial charge >= 0.3 is 0 Å². The molecule has 0 radical (unpaired) electrons. The van der Waals surface area contributed by atoms with E-state index >= 15 is 0 Å². The average Bonchev–Trinajstić information content (AvgIpc) is 3.70. The molecule has 0 atom stereocenters. The maximum Gasteiger partial charge on any atom is 0.300 e. The zero-order chi connectivity index (χ0) is 27.6. The summed E-state index contributed by atoms with van der Waals surface area (Å²) in [5.74, 6) is -0.721. The third kappa shape index (κ3) is 5.19. The fourth-order valence-corrected chi connectivity index (χ4v) is 5.98. The number of aliphatic imine (C=N–C) groups is 1. The number of nitrogens with zero attached hydrogens (tertiary/aromatic N) is 3. The zero-order valence-corrected chi connectivity index (χ0v) is 22.6. The Morgan fingerprint density at radius 1 is 0.975 bits per heavy atom. The quantitative estimate of drug-likeness (QED) is 0.231. The molecular weight excluding hydrogens is 518 g/mol. The van der Waals surface area contributed by atoms with Crippen LogP contribution in [0.5, 0.6) is 0 Å². The van der Waals surface area contributed by atoms with E-state index in [0.717, 1.165) is 46.1 Å². The van der Waals surface area contributed by atoms with Crippen LogP contribution < -0.4 is 0 Å². The van der Waals surface area contributed by atoms with Crippen LogP contribution in [-0.2, 0) is 17.8 Å². The van der Waals surface area contributed by atoms with Crippen molar-refractivity contribution in [2.24, 2.45) is 4.99 Å². The summed E-state index contributed by atoms with van der Waals surface area (Å²) in [6, 6.07) is 28.8. The first-order chi connectivity index (χ1) is 19.4. The molecule has 4 heterocycles. The maximum atomic E-state index is 13.4. The molecule has 0 spiro atoms. The van der Waals surface area contributed by atoms with Gasteiger partial charge < -0.3 is 9.51 Å². The van der Waals surface area contributed by atoms with Gasteiger partial charge in [0.05, 0.1) is 12.2 Å². The van der Waals surface area contributed by atoms with Gasteiger partial charge in [-0.25, -0.2) is 4.98 Å². The summed E-state index contributed by atoms with van der Waals surface area (Å²) in [6.45, 7) is 1.75. The van der Waals surface area contributed by atoms with Crippen LogP contribution in [0.2, 0.25) is 0 Å². The molecule has 0 unspecified atom stereocenters. The minimum absolute atomic E-state index is 0.112. The van der Waals surface area contributed by atoms with Crippen LogP contribution in [0.4, 0.5) is 0 Å². The topological polar surface area (TPSA) is 84.0 Å². The molecule has 196 valence electrons. The minimum Gasteiger partial charge on any atom is -0.481 e. The number of ketones is 1. The van der Waals surface area contributed by atoms with Crippen LogP contribution in [0.3, 0.4) is 0 Å². The van der Waals surface area contributed by atoms with Crippen molar-refractivity contribution in [2.75, 3.05) is 0 Å². The van der Waals surface area contributed by atoms with E-state index in [2.05, 4.69) is 41.4 Å². The second-order valence-corrected chi connectivity index (χ2v) is 10.7. The summed E-state index contributed by atoms with van der Waals surface area (Å²) in [7, 11) is 0. The second kappa shape index (κ2) is 10.7. The van der Waals surface area contributed by atoms with Gasteiger partial charge in [0.15, 0.2) is 5.78 Å². The summed E-state index contributed by atoms with van der Waals surface area (Å²) >= 11 is 1.77. The predicted octanol–water partition coefficient (Wildman–Crippen LogP) is 7.33. The Balaban J connectivity index is 0.000000680. The van der Waals surface area contributed by atoms with Crippen molar-refractivity contribution in [3.8, 4) is 21.7 Å². The Hall–Kier alpha value is -4.88. The lowest BCUT2D eigenvalue weighted by Gasteiger charge is -2.10. The van der Waals surface area contributed by atoms with E-state index < -0.39 is 5.97 Å². The first-order valence-corrected chi connectivity index (χ1v) is 13.7. The molecule has 7 heteroatoms. The minimum atomic E-state index is -0.833. The zero-order valence-electron chi connectivity index (χ0n) is 21.7. The van der Waals surface area contributed by atoms with Gasteiger partial charge in [0, 0.05) is 52.7 Å². The summed E-state index contributed by atoms with van der Waals surface area (Å²) in [4.78, 5) is 32.8. The van der Waals surface area contributed by atoms with Crippen molar-refractivity contribution in [2.45, 2.75) is 19.9 Å². The average molecular weight is 544 g/mol. The van der Waals surface area contributed by atoms with Crippen LogP contribution in [-0.4, -0.2) is 32.5 Å². The standard InChI is InChI=1S/C31H21N3OS.C2H4O2/c35-28(13-20-8-10-21(11-9-20)27-19-34-12-4-3-7-31(34)33-27)23-14-24-17-32-18-26(24)25(15-23)30-16-22-5-1-2-6-29(22)36-30;1-2(3)4/h1-12,14-17,19H,13,18H2;1H3,(H,3,4). The number of carbonyl (C=O) groups excluding carboxylic acids is 1. The highest BCUT2D eigenvalue weighted by Gasteiger charge is 2.19. The van der Waals surface area contributed by atoms with E-state index in [-0.39, 0.29) is 5.78 Å². The number of carboxylic acid groups (broad SMARTS) is 1. The number of carbonyl (C=O) groups is 2. The molecule has 0 amide bonds. The summed E-state index contributed by atoms with van der Waals surface area (Å²) < 4.78 is 3.26. The SMILES string of the molecule is CC(=O)O.O=C(Cc1ccc(-c2cn3ccccc3n2)cc1)c1cc2c(c(-c3cc4ccccc4s3)c1)CN=C2. The molecule has 6 aromatic rings. The van der Waals surface area contributed by atoms with Gasteiger partial charge in [0.2, 0.25) is 0 Å². The van der Waals surface area contributed by atoms with Crippen molar-refractivity contribution in [3.63, 3.8) is 0 Å². The van der Waals surface area contributed by atoms with E-state index in [1.54, 1.807) is 11.3 Å². The van der Waals surface area contributed by atoms with Crippen LogP contribution in [0.1, 0.15) is 34.0 Å². The molecule has 0 bridgehead atoms. The summed E-state index contributed by atoms with van der Waals surface area (Å²) in [5, 5.41) is 8.65. The third-order valence-corrected chi connectivity index (χ3v) is 7.90. The van der Waals surface area contributed by atoms with Crippen LogP contribution in [0, 0.1) is 0 Å². The fourth-order valence-electron chi connectivity index (χ4n) is 4.87. The fraction of sp³-hybridized carbons (Fsp3) is 0.0909. The maximum absolute atomic E-state index is 13.4. The number of aromatic nitrogens is 2. The van der Waals surface area contributed by atoms with Gasteiger partial charge in [-0.05, 0) is 64.0 Å². The van der Waals surface area contributed by atoms with E-state index in [1.165, 1.54) is 20.5 Å². The molecule has 0 fully saturated rings. The normalized spacial score (nSPS) is 11.8. The van der Waals surface area contributed by atoms with Crippen molar-refractivity contribution >= 4 is 45.0 Å². The Bertz CT molecular complexity index is 1850. The largest absolute Gasteiger partial charge is 0.481 e. The Kier molecular flexibility index (Phi) is 6.80.